The van der Waals surface area contributed by atoms with Gasteiger partial charge < -0.3 is 19.9 Å². The van der Waals surface area contributed by atoms with Crippen LogP contribution in [0, 0.1) is 18.3 Å². The predicted octanol–water partition coefficient (Wildman–Crippen LogP) is 5.19. The number of hydrogen-bond acceptors (Lipinski definition) is 4. The molecule has 34 heavy (non-hydrogen) atoms. The van der Waals surface area contributed by atoms with Gasteiger partial charge in [-0.05, 0) is 80.0 Å². The van der Waals surface area contributed by atoms with Crippen molar-refractivity contribution in [2.24, 2.45) is 11.3 Å². The van der Waals surface area contributed by atoms with E-state index in [0.29, 0.717) is 17.3 Å². The second kappa shape index (κ2) is 9.82. The molecule has 1 heterocycles. The summed E-state index contributed by atoms with van der Waals surface area (Å²) in [5, 5.41) is 26.0. The first kappa shape index (κ1) is 23.6. The number of aromatic nitrogens is 1. The predicted molar refractivity (Wildman–Crippen MR) is 136 cm³/mol. The van der Waals surface area contributed by atoms with Crippen LogP contribution in [-0.2, 0) is 4.74 Å². The van der Waals surface area contributed by atoms with Gasteiger partial charge in [0.1, 0.15) is 6.23 Å². The van der Waals surface area contributed by atoms with Crippen LogP contribution in [0.3, 0.4) is 0 Å². The zero-order valence-electron chi connectivity index (χ0n) is 20.3. The van der Waals surface area contributed by atoms with Crippen molar-refractivity contribution in [3.63, 3.8) is 0 Å². The van der Waals surface area contributed by atoms with Crippen LogP contribution in [0.15, 0.2) is 54.7 Å². The van der Waals surface area contributed by atoms with Crippen LogP contribution < -0.4 is 5.32 Å². The zero-order valence-corrected chi connectivity index (χ0v) is 20.3. The van der Waals surface area contributed by atoms with Gasteiger partial charge in [-0.25, -0.2) is 0 Å². The second-order valence-corrected chi connectivity index (χ2v) is 10.5. The van der Waals surface area contributed by atoms with Gasteiger partial charge in [0.25, 0.3) is 0 Å². The molecule has 2 aromatic carbocycles. The average Bonchev–Trinajstić information content (AvgIpc) is 3.53. The molecule has 0 radical (unpaired) electrons. The number of aliphatic hydroxyl groups excluding tert-OH is 2. The van der Waals surface area contributed by atoms with Gasteiger partial charge in [0.05, 0.1) is 18.8 Å². The molecule has 2 aliphatic carbocycles. The molecule has 2 fully saturated rings. The minimum atomic E-state index is -0.789. The highest BCUT2D eigenvalue weighted by Crippen LogP contribution is 2.61. The molecule has 2 saturated carbocycles. The van der Waals surface area contributed by atoms with Crippen molar-refractivity contribution in [2.45, 2.75) is 69.7 Å². The van der Waals surface area contributed by atoms with E-state index in [1.807, 2.05) is 37.4 Å². The van der Waals surface area contributed by atoms with Gasteiger partial charge in [0.15, 0.2) is 0 Å². The molecule has 0 amide bonds. The smallest absolute Gasteiger partial charge is 0.111 e. The molecular formula is C29H38N2O3. The van der Waals surface area contributed by atoms with Crippen molar-refractivity contribution >= 4 is 10.9 Å². The Hall–Kier alpha value is -2.18. The number of fused-ring (bicyclic) bond motifs is 1. The van der Waals surface area contributed by atoms with Gasteiger partial charge in [-0.3, -0.25) is 5.32 Å². The van der Waals surface area contributed by atoms with E-state index >= 15 is 0 Å². The Morgan fingerprint density at radius 3 is 2.56 bits per heavy atom. The van der Waals surface area contributed by atoms with Crippen LogP contribution in [-0.4, -0.2) is 41.2 Å². The van der Waals surface area contributed by atoms with Gasteiger partial charge in [0.2, 0.25) is 0 Å². The Morgan fingerprint density at radius 1 is 1.06 bits per heavy atom. The third kappa shape index (κ3) is 4.55. The maximum atomic E-state index is 11.0. The lowest BCUT2D eigenvalue weighted by Gasteiger charge is -2.36. The molecule has 5 nitrogen and oxygen atoms in total. The summed E-state index contributed by atoms with van der Waals surface area (Å²) in [6, 6.07) is 16.2. The highest BCUT2D eigenvalue weighted by Gasteiger charge is 2.53. The van der Waals surface area contributed by atoms with Crippen LogP contribution in [0.25, 0.3) is 10.9 Å². The van der Waals surface area contributed by atoms with Crippen molar-refractivity contribution in [3.8, 4) is 0 Å². The highest BCUT2D eigenvalue weighted by molar-refractivity contribution is 5.83. The Labute approximate surface area is 202 Å². The van der Waals surface area contributed by atoms with Gasteiger partial charge in [-0.1, -0.05) is 42.0 Å². The molecule has 1 aromatic heterocycles. The number of H-pyrrole nitrogens is 1. The number of nitrogens with one attached hydrogen (secondary N) is 2. The minimum absolute atomic E-state index is 0.146. The molecule has 182 valence electrons. The topological polar surface area (TPSA) is 77.5 Å². The van der Waals surface area contributed by atoms with E-state index in [9.17, 15) is 10.2 Å². The number of rotatable bonds is 8. The van der Waals surface area contributed by atoms with Crippen molar-refractivity contribution in [3.05, 3.63) is 71.4 Å². The van der Waals surface area contributed by atoms with E-state index in [1.54, 1.807) is 7.11 Å². The lowest BCUT2D eigenvalue weighted by atomic mass is 9.82. The Bertz CT molecular complexity index is 1090. The maximum absolute atomic E-state index is 11.0. The molecule has 0 saturated heterocycles. The summed E-state index contributed by atoms with van der Waals surface area (Å²) in [5.41, 5.74) is 4.95. The quantitative estimate of drug-likeness (QED) is 0.348. The molecule has 5 rings (SSSR count). The monoisotopic (exact) mass is 462 g/mol. The number of aryl methyl sites for hydroxylation is 1. The molecule has 2 aliphatic rings. The van der Waals surface area contributed by atoms with Gasteiger partial charge in [-0.15, -0.1) is 0 Å². The van der Waals surface area contributed by atoms with Crippen molar-refractivity contribution in [1.82, 2.24) is 10.3 Å². The summed E-state index contributed by atoms with van der Waals surface area (Å²) in [4.78, 5) is 3.36. The number of benzene rings is 2. The third-order valence-corrected chi connectivity index (χ3v) is 8.56. The lowest BCUT2D eigenvalue weighted by Crippen LogP contribution is -2.50. The normalized spacial score (nSPS) is 24.6. The summed E-state index contributed by atoms with van der Waals surface area (Å²) in [6.07, 6.45) is 8.15. The molecule has 3 unspecified atom stereocenters. The Balaban J connectivity index is 1.33. The maximum Gasteiger partial charge on any atom is 0.111 e. The van der Waals surface area contributed by atoms with Crippen molar-refractivity contribution < 1.29 is 14.9 Å². The van der Waals surface area contributed by atoms with Crippen LogP contribution in [0.2, 0.25) is 0 Å². The number of aromatic amines is 1. The third-order valence-electron chi connectivity index (χ3n) is 8.56. The summed E-state index contributed by atoms with van der Waals surface area (Å²) in [7, 11) is 1.75. The largest absolute Gasteiger partial charge is 0.395 e. The van der Waals surface area contributed by atoms with Gasteiger partial charge >= 0.3 is 0 Å². The van der Waals surface area contributed by atoms with Gasteiger partial charge in [-0.2, -0.15) is 0 Å². The van der Waals surface area contributed by atoms with E-state index in [2.05, 4.69) is 34.6 Å². The van der Waals surface area contributed by atoms with Crippen LogP contribution >= 0.6 is 0 Å². The number of aliphatic hydroxyl groups is 2. The van der Waals surface area contributed by atoms with Crippen LogP contribution in [0.1, 0.15) is 67.2 Å². The SMILES string of the molecule is COC(NC(CO)[C@@H](O)c1ccc(C)cc1)[C@H]1CCC(c2cccc3[nH]ccc23)CCC12CC2. The van der Waals surface area contributed by atoms with Crippen molar-refractivity contribution in [1.29, 1.82) is 0 Å². The summed E-state index contributed by atoms with van der Waals surface area (Å²) < 4.78 is 6.02. The fraction of sp³-hybridized carbons (Fsp3) is 0.517. The summed E-state index contributed by atoms with van der Waals surface area (Å²) in [6.45, 7) is 1.89. The Kier molecular flexibility index (Phi) is 6.81. The first-order chi connectivity index (χ1) is 16.5. The summed E-state index contributed by atoms with van der Waals surface area (Å²) >= 11 is 0. The number of ether oxygens (including phenoxy) is 1. The molecule has 1 spiro atoms. The van der Waals surface area contributed by atoms with Crippen LogP contribution in [0.5, 0.6) is 0 Å². The minimum Gasteiger partial charge on any atom is -0.395 e. The molecule has 5 heteroatoms. The van der Waals surface area contributed by atoms with E-state index in [0.717, 1.165) is 24.0 Å². The van der Waals surface area contributed by atoms with Crippen LogP contribution in [0.4, 0.5) is 0 Å². The average molecular weight is 463 g/mol. The lowest BCUT2D eigenvalue weighted by molar-refractivity contribution is -0.0374. The standard InChI is InChI=1S/C29H38N2O3/c1-19-6-8-21(9-7-19)27(33)26(18-32)31-28(34-2)24-11-10-20(12-14-29(24)15-16-29)22-4-3-5-25-23(22)13-17-30-25/h3-9,13,17,20,24,26-28,30-33H,10-12,14-16,18H2,1-2H3/t20?,24-,26?,27+,28?/m1/s1. The first-order valence-electron chi connectivity index (χ1n) is 12.7. The van der Waals surface area contributed by atoms with Crippen molar-refractivity contribution in [2.75, 3.05) is 13.7 Å². The molecule has 3 aromatic rings. The molecular weight excluding hydrogens is 424 g/mol. The van der Waals surface area contributed by atoms with E-state index < -0.39 is 12.1 Å². The molecule has 4 N–H and O–H groups in total. The van der Waals surface area contributed by atoms with Gasteiger partial charge in [0, 0.05) is 30.1 Å². The zero-order chi connectivity index (χ0) is 23.7. The van der Waals surface area contributed by atoms with E-state index in [-0.39, 0.29) is 12.8 Å². The van der Waals surface area contributed by atoms with E-state index in [4.69, 9.17) is 4.74 Å². The molecule has 0 bridgehead atoms. The molecule has 0 aliphatic heterocycles. The van der Waals surface area contributed by atoms with E-state index in [1.165, 1.54) is 42.1 Å². The number of methoxy groups -OCH3 is 1. The Morgan fingerprint density at radius 2 is 1.85 bits per heavy atom. The number of hydrogen-bond donors (Lipinski definition) is 4. The highest BCUT2D eigenvalue weighted by atomic mass is 16.5. The fourth-order valence-corrected chi connectivity index (χ4v) is 6.31. The first-order valence-corrected chi connectivity index (χ1v) is 12.7. The summed E-state index contributed by atoms with van der Waals surface area (Å²) in [5.74, 6) is 0.915. The fourth-order valence-electron chi connectivity index (χ4n) is 6.31. The second-order valence-electron chi connectivity index (χ2n) is 10.5. The molecule has 5 atom stereocenters.